The Balaban J connectivity index is 2.44. The highest BCUT2D eigenvalue weighted by molar-refractivity contribution is 7.92. The lowest BCUT2D eigenvalue weighted by Gasteiger charge is -2.12. The van der Waals surface area contributed by atoms with E-state index < -0.39 is 27.5 Å². The molecule has 0 saturated heterocycles. The smallest absolute Gasteiger partial charge is 0.262 e. The van der Waals surface area contributed by atoms with Crippen LogP contribution in [0, 0.1) is 17.0 Å². The summed E-state index contributed by atoms with van der Waals surface area (Å²) >= 11 is 0. The summed E-state index contributed by atoms with van der Waals surface area (Å²) in [5, 5.41) is 7.34. The minimum atomic E-state index is -4.07. The second-order valence-corrected chi connectivity index (χ2v) is 5.85. The Morgan fingerprint density at radius 1 is 1.10 bits per heavy atom. The fourth-order valence-corrected chi connectivity index (χ4v) is 2.78. The summed E-state index contributed by atoms with van der Waals surface area (Å²) in [6, 6.07) is 7.52. The zero-order chi connectivity index (χ0) is 15.6. The van der Waals surface area contributed by atoms with E-state index in [-0.39, 0.29) is 16.1 Å². The lowest BCUT2D eigenvalue weighted by molar-refractivity contribution is 0.595. The van der Waals surface area contributed by atoms with Crippen molar-refractivity contribution in [2.45, 2.75) is 4.90 Å². The average molecular weight is 311 g/mol. The number of nitrogens with one attached hydrogen (secondary N) is 2. The second kappa shape index (κ2) is 5.49. The molecular weight excluding hydrogens is 300 g/mol. The molecule has 0 radical (unpaired) electrons. The third kappa shape index (κ3) is 3.34. The first kappa shape index (κ1) is 14.9. The molecule has 0 aliphatic heterocycles. The van der Waals surface area contributed by atoms with Crippen LogP contribution in [0.1, 0.15) is 5.56 Å². The van der Waals surface area contributed by atoms with Gasteiger partial charge >= 0.3 is 0 Å². The van der Waals surface area contributed by atoms with E-state index in [1.807, 2.05) is 0 Å². The molecule has 0 unspecified atom stereocenters. The molecule has 0 aliphatic carbocycles. The van der Waals surface area contributed by atoms with Gasteiger partial charge in [-0.1, -0.05) is 6.07 Å². The van der Waals surface area contributed by atoms with Crippen LogP contribution in [0.3, 0.4) is 0 Å². The first-order valence-corrected chi connectivity index (χ1v) is 7.20. The largest absolute Gasteiger partial charge is 0.384 e. The Labute approximate surface area is 120 Å². The predicted molar refractivity (Wildman–Crippen MR) is 74.6 cm³/mol. The van der Waals surface area contributed by atoms with Gasteiger partial charge in [0.15, 0.2) is 0 Å². The highest BCUT2D eigenvalue weighted by Gasteiger charge is 2.17. The van der Waals surface area contributed by atoms with Gasteiger partial charge < -0.3 is 5.73 Å². The van der Waals surface area contributed by atoms with Gasteiger partial charge in [0, 0.05) is 5.56 Å². The maximum Gasteiger partial charge on any atom is 0.262 e. The number of anilines is 1. The van der Waals surface area contributed by atoms with Crippen LogP contribution in [0.5, 0.6) is 0 Å². The van der Waals surface area contributed by atoms with E-state index in [1.165, 1.54) is 12.1 Å². The zero-order valence-electron chi connectivity index (χ0n) is 10.6. The van der Waals surface area contributed by atoms with E-state index in [1.54, 1.807) is 0 Å². The zero-order valence-corrected chi connectivity index (χ0v) is 11.4. The van der Waals surface area contributed by atoms with Crippen molar-refractivity contribution in [3.05, 3.63) is 59.7 Å². The molecule has 2 aromatic rings. The average Bonchev–Trinajstić information content (AvgIpc) is 2.40. The van der Waals surface area contributed by atoms with Crippen molar-refractivity contribution in [3.8, 4) is 0 Å². The van der Waals surface area contributed by atoms with Gasteiger partial charge in [-0.05, 0) is 36.4 Å². The number of hydrogen-bond acceptors (Lipinski definition) is 3. The van der Waals surface area contributed by atoms with Crippen molar-refractivity contribution in [3.63, 3.8) is 0 Å². The fourth-order valence-electron chi connectivity index (χ4n) is 1.67. The fraction of sp³-hybridized carbons (Fsp3) is 0. The van der Waals surface area contributed by atoms with Crippen LogP contribution in [0.2, 0.25) is 0 Å². The topological polar surface area (TPSA) is 96.0 Å². The Kier molecular flexibility index (Phi) is 3.90. The summed E-state index contributed by atoms with van der Waals surface area (Å²) in [7, 11) is -4.07. The summed E-state index contributed by atoms with van der Waals surface area (Å²) in [4.78, 5) is -0.290. The standard InChI is InChI=1S/C13H11F2N3O2S/c14-8-2-1-3-10(6-8)21(19,20)18-12-5-4-9(15)7-11(12)13(16)17/h1-7,18H,(H3,16,17). The van der Waals surface area contributed by atoms with Crippen LogP contribution in [-0.4, -0.2) is 14.3 Å². The van der Waals surface area contributed by atoms with Crippen LogP contribution in [0.25, 0.3) is 0 Å². The predicted octanol–water partition coefficient (Wildman–Crippen LogP) is 2.05. The van der Waals surface area contributed by atoms with E-state index in [9.17, 15) is 17.2 Å². The highest BCUT2D eigenvalue weighted by Crippen LogP contribution is 2.21. The van der Waals surface area contributed by atoms with Crippen LogP contribution >= 0.6 is 0 Å². The van der Waals surface area contributed by atoms with E-state index in [0.29, 0.717) is 0 Å². The molecule has 0 heterocycles. The lowest BCUT2D eigenvalue weighted by Crippen LogP contribution is -2.19. The van der Waals surface area contributed by atoms with Crippen molar-refractivity contribution in [1.82, 2.24) is 0 Å². The molecule has 0 aromatic heterocycles. The number of nitrogen functional groups attached to an aromatic ring is 1. The molecule has 0 bridgehead atoms. The normalized spacial score (nSPS) is 11.1. The third-order valence-electron chi connectivity index (χ3n) is 2.62. The van der Waals surface area contributed by atoms with Gasteiger partial charge in [-0.3, -0.25) is 10.1 Å². The maximum absolute atomic E-state index is 13.1. The highest BCUT2D eigenvalue weighted by atomic mass is 32.2. The number of halogens is 2. The van der Waals surface area contributed by atoms with Crippen molar-refractivity contribution in [1.29, 1.82) is 5.41 Å². The Hall–Kier alpha value is -2.48. The van der Waals surface area contributed by atoms with Crippen molar-refractivity contribution in [2.75, 3.05) is 4.72 Å². The summed E-state index contributed by atoms with van der Waals surface area (Å²) in [6.45, 7) is 0. The molecule has 0 amide bonds. The molecule has 5 nitrogen and oxygen atoms in total. The minimum absolute atomic E-state index is 0.0619. The molecule has 21 heavy (non-hydrogen) atoms. The van der Waals surface area contributed by atoms with Crippen molar-refractivity contribution in [2.24, 2.45) is 5.73 Å². The van der Waals surface area contributed by atoms with Crippen LogP contribution in [0.15, 0.2) is 47.4 Å². The molecule has 2 rings (SSSR count). The summed E-state index contributed by atoms with van der Waals surface area (Å²) in [5.74, 6) is -1.86. The van der Waals surface area contributed by atoms with Crippen molar-refractivity contribution < 1.29 is 17.2 Å². The van der Waals surface area contributed by atoms with Gasteiger partial charge in [-0.2, -0.15) is 0 Å². The molecule has 0 fully saturated rings. The number of nitrogens with two attached hydrogens (primary N) is 1. The molecule has 2 aromatic carbocycles. The van der Waals surface area contributed by atoms with Gasteiger partial charge in [0.05, 0.1) is 10.6 Å². The SMILES string of the molecule is N=C(N)c1cc(F)ccc1NS(=O)(=O)c1cccc(F)c1. The first-order valence-electron chi connectivity index (χ1n) is 5.72. The number of benzene rings is 2. The van der Waals surface area contributed by atoms with Crippen molar-refractivity contribution >= 4 is 21.5 Å². The Morgan fingerprint density at radius 2 is 1.76 bits per heavy atom. The second-order valence-electron chi connectivity index (χ2n) is 4.17. The van der Waals surface area contributed by atoms with Crippen LogP contribution < -0.4 is 10.5 Å². The van der Waals surface area contributed by atoms with Crippen LogP contribution in [0.4, 0.5) is 14.5 Å². The molecule has 110 valence electrons. The Morgan fingerprint density at radius 3 is 2.38 bits per heavy atom. The van der Waals surface area contributed by atoms with Gasteiger partial charge in [-0.15, -0.1) is 0 Å². The lowest BCUT2D eigenvalue weighted by atomic mass is 10.1. The molecule has 4 N–H and O–H groups in total. The minimum Gasteiger partial charge on any atom is -0.384 e. The molecule has 0 spiro atoms. The maximum atomic E-state index is 13.1. The van der Waals surface area contributed by atoms with Gasteiger partial charge in [0.25, 0.3) is 10.0 Å². The van der Waals surface area contributed by atoms with E-state index in [2.05, 4.69) is 4.72 Å². The molecule has 8 heteroatoms. The molecule has 0 aliphatic rings. The van der Waals surface area contributed by atoms with Crippen LogP contribution in [-0.2, 0) is 10.0 Å². The number of hydrogen-bond donors (Lipinski definition) is 3. The summed E-state index contributed by atoms with van der Waals surface area (Å²) in [6.07, 6.45) is 0. The van der Waals surface area contributed by atoms with Gasteiger partial charge in [0.2, 0.25) is 0 Å². The molecular formula is C13H11F2N3O2S. The molecule has 0 saturated carbocycles. The number of amidine groups is 1. The van der Waals surface area contributed by atoms with Gasteiger partial charge in [0.1, 0.15) is 17.5 Å². The van der Waals surface area contributed by atoms with E-state index in [4.69, 9.17) is 11.1 Å². The quantitative estimate of drug-likeness (QED) is 0.595. The number of sulfonamides is 1. The summed E-state index contributed by atoms with van der Waals surface area (Å²) in [5.41, 5.74) is 5.12. The monoisotopic (exact) mass is 311 g/mol. The van der Waals surface area contributed by atoms with Gasteiger partial charge in [-0.25, -0.2) is 17.2 Å². The van der Waals surface area contributed by atoms with E-state index in [0.717, 1.165) is 30.3 Å². The molecule has 0 atom stereocenters. The first-order chi connectivity index (χ1) is 9.79. The Bertz CT molecular complexity index is 807. The van der Waals surface area contributed by atoms with E-state index >= 15 is 0 Å². The number of rotatable bonds is 4. The third-order valence-corrected chi connectivity index (χ3v) is 3.99. The summed E-state index contributed by atoms with van der Waals surface area (Å²) < 4.78 is 52.7.